The SMILES string of the molecule is COc1ccc(/C(O)=C2\C(=O)C(=O)N(CCCN(C)C)[C@@H]2c2ccccc2)cc1. The molecule has 0 aromatic heterocycles. The highest BCUT2D eigenvalue weighted by Crippen LogP contribution is 2.39. The Bertz CT molecular complexity index is 904. The monoisotopic (exact) mass is 394 g/mol. The molecule has 1 aliphatic heterocycles. The van der Waals surface area contributed by atoms with E-state index in [1.54, 1.807) is 36.3 Å². The normalized spacial score (nSPS) is 18.5. The van der Waals surface area contributed by atoms with Gasteiger partial charge in [0.15, 0.2) is 0 Å². The molecule has 6 heteroatoms. The molecular formula is C23H26N2O4. The molecule has 0 spiro atoms. The van der Waals surface area contributed by atoms with E-state index in [0.717, 1.165) is 18.5 Å². The summed E-state index contributed by atoms with van der Waals surface area (Å²) in [5, 5.41) is 11.0. The summed E-state index contributed by atoms with van der Waals surface area (Å²) >= 11 is 0. The van der Waals surface area contributed by atoms with Gasteiger partial charge >= 0.3 is 0 Å². The van der Waals surface area contributed by atoms with Gasteiger partial charge in [0.1, 0.15) is 11.5 Å². The smallest absolute Gasteiger partial charge is 0.295 e. The van der Waals surface area contributed by atoms with Crippen LogP contribution in [0.2, 0.25) is 0 Å². The molecule has 6 nitrogen and oxygen atoms in total. The van der Waals surface area contributed by atoms with Gasteiger partial charge in [-0.05, 0) is 56.9 Å². The van der Waals surface area contributed by atoms with E-state index in [4.69, 9.17) is 4.74 Å². The van der Waals surface area contributed by atoms with Crippen LogP contribution in [0.1, 0.15) is 23.6 Å². The fourth-order valence-electron chi connectivity index (χ4n) is 3.55. The Labute approximate surface area is 171 Å². The van der Waals surface area contributed by atoms with E-state index in [2.05, 4.69) is 0 Å². The minimum Gasteiger partial charge on any atom is -0.507 e. The molecule has 1 fully saturated rings. The van der Waals surface area contributed by atoms with Crippen LogP contribution in [0, 0.1) is 0 Å². The van der Waals surface area contributed by atoms with Crippen LogP contribution >= 0.6 is 0 Å². The second kappa shape index (κ2) is 8.92. The summed E-state index contributed by atoms with van der Waals surface area (Å²) in [6.45, 7) is 1.23. The van der Waals surface area contributed by atoms with E-state index < -0.39 is 17.7 Å². The summed E-state index contributed by atoms with van der Waals surface area (Å²) in [5.41, 5.74) is 1.39. The molecule has 0 unspecified atom stereocenters. The number of methoxy groups -OCH3 is 1. The number of aliphatic hydroxyl groups excluding tert-OH is 1. The van der Waals surface area contributed by atoms with Gasteiger partial charge in [-0.25, -0.2) is 0 Å². The first-order chi connectivity index (χ1) is 13.9. The van der Waals surface area contributed by atoms with Crippen LogP contribution in [0.25, 0.3) is 5.76 Å². The van der Waals surface area contributed by atoms with Crippen molar-refractivity contribution in [3.8, 4) is 5.75 Å². The second-order valence-corrected chi connectivity index (χ2v) is 7.29. The van der Waals surface area contributed by atoms with E-state index in [-0.39, 0.29) is 11.3 Å². The van der Waals surface area contributed by atoms with E-state index in [1.807, 2.05) is 49.3 Å². The number of carbonyl (C=O) groups is 2. The summed E-state index contributed by atoms with van der Waals surface area (Å²) in [5.74, 6) is -0.759. The van der Waals surface area contributed by atoms with Gasteiger partial charge in [-0.2, -0.15) is 0 Å². The maximum absolute atomic E-state index is 12.9. The number of benzene rings is 2. The van der Waals surface area contributed by atoms with Crippen LogP contribution in [0.15, 0.2) is 60.2 Å². The average Bonchev–Trinajstić information content (AvgIpc) is 2.98. The lowest BCUT2D eigenvalue weighted by Gasteiger charge is -2.26. The highest BCUT2D eigenvalue weighted by Gasteiger charge is 2.45. The number of carbonyl (C=O) groups excluding carboxylic acids is 2. The topological polar surface area (TPSA) is 70.1 Å². The molecule has 1 atom stereocenters. The van der Waals surface area contributed by atoms with Gasteiger partial charge in [0.25, 0.3) is 11.7 Å². The van der Waals surface area contributed by atoms with Crippen LogP contribution in [-0.4, -0.2) is 60.9 Å². The fourth-order valence-corrected chi connectivity index (χ4v) is 3.55. The van der Waals surface area contributed by atoms with Gasteiger partial charge in [-0.1, -0.05) is 30.3 Å². The summed E-state index contributed by atoms with van der Waals surface area (Å²) < 4.78 is 5.15. The van der Waals surface area contributed by atoms with Crippen molar-refractivity contribution in [2.75, 3.05) is 34.3 Å². The Morgan fingerprint density at radius 3 is 2.31 bits per heavy atom. The van der Waals surface area contributed by atoms with Crippen molar-refractivity contribution in [2.45, 2.75) is 12.5 Å². The van der Waals surface area contributed by atoms with Crippen molar-refractivity contribution < 1.29 is 19.4 Å². The maximum Gasteiger partial charge on any atom is 0.295 e. The van der Waals surface area contributed by atoms with Crippen molar-refractivity contribution in [1.82, 2.24) is 9.80 Å². The first-order valence-electron chi connectivity index (χ1n) is 9.56. The Balaban J connectivity index is 2.05. The number of nitrogens with zero attached hydrogens (tertiary/aromatic N) is 2. The summed E-state index contributed by atoms with van der Waals surface area (Å²) in [4.78, 5) is 29.3. The third-order valence-electron chi connectivity index (χ3n) is 5.02. The predicted octanol–water partition coefficient (Wildman–Crippen LogP) is 3.07. The predicted molar refractivity (Wildman–Crippen MR) is 112 cm³/mol. The van der Waals surface area contributed by atoms with Crippen molar-refractivity contribution in [3.05, 3.63) is 71.3 Å². The third-order valence-corrected chi connectivity index (χ3v) is 5.02. The van der Waals surface area contributed by atoms with Crippen molar-refractivity contribution in [3.63, 3.8) is 0 Å². The van der Waals surface area contributed by atoms with Crippen molar-refractivity contribution in [2.24, 2.45) is 0 Å². The van der Waals surface area contributed by atoms with E-state index >= 15 is 0 Å². The molecule has 1 aliphatic rings. The van der Waals surface area contributed by atoms with Crippen LogP contribution in [0.4, 0.5) is 0 Å². The molecule has 0 radical (unpaired) electrons. The summed E-state index contributed by atoms with van der Waals surface area (Å²) in [7, 11) is 5.49. The van der Waals surface area contributed by atoms with Gasteiger partial charge in [0.05, 0.1) is 18.7 Å². The summed E-state index contributed by atoms with van der Waals surface area (Å²) in [6.07, 6.45) is 0.728. The molecule has 0 saturated carbocycles. The average molecular weight is 394 g/mol. The molecule has 0 bridgehead atoms. The number of hydrogen-bond acceptors (Lipinski definition) is 5. The molecule has 2 aromatic rings. The first kappa shape index (κ1) is 20.6. The van der Waals surface area contributed by atoms with Crippen LogP contribution < -0.4 is 4.74 Å². The van der Waals surface area contributed by atoms with Gasteiger partial charge in [-0.15, -0.1) is 0 Å². The Kier molecular flexibility index (Phi) is 6.34. The lowest BCUT2D eigenvalue weighted by Crippen LogP contribution is -2.32. The van der Waals surface area contributed by atoms with Crippen molar-refractivity contribution >= 4 is 17.4 Å². The van der Waals surface area contributed by atoms with Crippen molar-refractivity contribution in [1.29, 1.82) is 0 Å². The molecular weight excluding hydrogens is 368 g/mol. The quantitative estimate of drug-likeness (QED) is 0.444. The molecule has 1 heterocycles. The third kappa shape index (κ3) is 4.32. The molecule has 152 valence electrons. The number of amides is 1. The fraction of sp³-hybridized carbons (Fsp3) is 0.304. The minimum absolute atomic E-state index is 0.121. The largest absolute Gasteiger partial charge is 0.507 e. The number of rotatable bonds is 7. The Morgan fingerprint density at radius 1 is 1.07 bits per heavy atom. The van der Waals surface area contributed by atoms with Gasteiger partial charge < -0.3 is 19.6 Å². The number of aliphatic hydroxyl groups is 1. The van der Waals surface area contributed by atoms with Crippen LogP contribution in [-0.2, 0) is 9.59 Å². The zero-order chi connectivity index (χ0) is 21.0. The molecule has 1 N–H and O–H groups in total. The number of likely N-dealkylation sites (tertiary alicyclic amines) is 1. The lowest BCUT2D eigenvalue weighted by molar-refractivity contribution is -0.139. The molecule has 3 rings (SSSR count). The van der Waals surface area contributed by atoms with E-state index in [0.29, 0.717) is 17.9 Å². The second-order valence-electron chi connectivity index (χ2n) is 7.29. The zero-order valence-electron chi connectivity index (χ0n) is 17.0. The molecule has 1 amide bonds. The highest BCUT2D eigenvalue weighted by atomic mass is 16.5. The minimum atomic E-state index is -0.656. The lowest BCUT2D eigenvalue weighted by atomic mass is 9.95. The molecule has 0 aliphatic carbocycles. The Hall–Kier alpha value is -3.12. The summed E-state index contributed by atoms with van der Waals surface area (Å²) in [6, 6.07) is 15.5. The maximum atomic E-state index is 12.9. The number of Topliss-reactive ketones (excluding diaryl/α,β-unsaturated/α-hetero) is 1. The molecule has 1 saturated heterocycles. The molecule has 29 heavy (non-hydrogen) atoms. The number of ether oxygens (including phenoxy) is 1. The van der Waals surface area contributed by atoms with Crippen LogP contribution in [0.3, 0.4) is 0 Å². The first-order valence-corrected chi connectivity index (χ1v) is 9.56. The number of hydrogen-bond donors (Lipinski definition) is 1. The standard InChI is InChI=1S/C23H26N2O4/c1-24(2)14-7-15-25-20(16-8-5-4-6-9-16)19(22(27)23(25)28)21(26)17-10-12-18(29-3)13-11-17/h4-6,8-13,20,26H,7,14-15H2,1-3H3/b21-19+/t20-/m1/s1. The van der Waals surface area contributed by atoms with E-state index in [9.17, 15) is 14.7 Å². The van der Waals surface area contributed by atoms with E-state index in [1.165, 1.54) is 0 Å². The van der Waals surface area contributed by atoms with Gasteiger partial charge in [-0.3, -0.25) is 9.59 Å². The van der Waals surface area contributed by atoms with Crippen LogP contribution in [0.5, 0.6) is 5.75 Å². The van der Waals surface area contributed by atoms with Gasteiger partial charge in [0.2, 0.25) is 0 Å². The Morgan fingerprint density at radius 2 is 1.72 bits per heavy atom. The highest BCUT2D eigenvalue weighted by molar-refractivity contribution is 6.46. The molecule has 2 aromatic carbocycles. The van der Waals surface area contributed by atoms with Gasteiger partial charge in [0, 0.05) is 12.1 Å². The zero-order valence-corrected chi connectivity index (χ0v) is 17.0. The number of ketones is 1.